The van der Waals surface area contributed by atoms with Crippen molar-refractivity contribution >= 4 is 0 Å². The third-order valence-corrected chi connectivity index (χ3v) is 7.10. The number of hydrogen-bond donors (Lipinski definition) is 1. The Bertz CT molecular complexity index is 1220. The number of benzene rings is 4. The van der Waals surface area contributed by atoms with E-state index in [4.69, 9.17) is 14.2 Å². The van der Waals surface area contributed by atoms with Crippen molar-refractivity contribution in [1.29, 1.82) is 0 Å². The van der Waals surface area contributed by atoms with Crippen molar-refractivity contribution < 1.29 is 14.2 Å². The molecule has 0 fully saturated rings. The fourth-order valence-corrected chi connectivity index (χ4v) is 5.45. The molecule has 4 nitrogen and oxygen atoms in total. The van der Waals surface area contributed by atoms with Crippen molar-refractivity contribution in [3.8, 4) is 11.5 Å². The summed E-state index contributed by atoms with van der Waals surface area (Å²) in [6.07, 6.45) is 0.761. The molecule has 178 valence electrons. The highest BCUT2D eigenvalue weighted by atomic mass is 16.5. The van der Waals surface area contributed by atoms with Gasteiger partial charge in [0, 0.05) is 13.2 Å². The van der Waals surface area contributed by atoms with E-state index in [0.717, 1.165) is 29.0 Å². The van der Waals surface area contributed by atoms with Crippen molar-refractivity contribution in [1.82, 2.24) is 5.32 Å². The smallest absolute Gasteiger partial charge is 0.161 e. The van der Waals surface area contributed by atoms with E-state index in [2.05, 4.69) is 90.2 Å². The van der Waals surface area contributed by atoms with Crippen LogP contribution >= 0.6 is 0 Å². The Hall–Kier alpha value is -3.60. The van der Waals surface area contributed by atoms with E-state index < -0.39 is 5.60 Å². The van der Waals surface area contributed by atoms with E-state index in [-0.39, 0.29) is 12.1 Å². The van der Waals surface area contributed by atoms with Crippen molar-refractivity contribution in [2.75, 3.05) is 21.3 Å². The standard InChI is InChI=1S/C31H31NO3/c1-33-27-19-23-20-29(32-30(22-13-7-4-8-14-22)26(23)21-28(27)34-2)31(35-3,24-15-9-5-10-16-24)25-17-11-6-12-18-25/h4-19,21,29-30,32H,20H2,1-3H3/t29-,30+/m0/s1. The summed E-state index contributed by atoms with van der Waals surface area (Å²) in [6.45, 7) is 0. The Balaban J connectivity index is 1.72. The molecule has 0 aliphatic carbocycles. The number of fused-ring (bicyclic) bond motifs is 1. The van der Waals surface area contributed by atoms with Crippen LogP contribution in [0.25, 0.3) is 0 Å². The number of ether oxygens (including phenoxy) is 3. The molecular formula is C31H31NO3. The van der Waals surface area contributed by atoms with Gasteiger partial charge in [-0.25, -0.2) is 0 Å². The van der Waals surface area contributed by atoms with Crippen LogP contribution in [0.4, 0.5) is 0 Å². The van der Waals surface area contributed by atoms with Crippen LogP contribution in [0.15, 0.2) is 103 Å². The molecule has 1 aliphatic heterocycles. The molecule has 5 rings (SSSR count). The lowest BCUT2D eigenvalue weighted by molar-refractivity contribution is -0.0160. The summed E-state index contributed by atoms with van der Waals surface area (Å²) in [5, 5.41) is 3.98. The molecule has 4 heteroatoms. The Morgan fingerprint density at radius 2 is 1.20 bits per heavy atom. The van der Waals surface area contributed by atoms with Gasteiger partial charge in [-0.1, -0.05) is 91.0 Å². The van der Waals surface area contributed by atoms with Crippen LogP contribution in [-0.2, 0) is 16.8 Å². The quantitative estimate of drug-likeness (QED) is 0.369. The molecule has 0 aromatic heterocycles. The van der Waals surface area contributed by atoms with Gasteiger partial charge >= 0.3 is 0 Å². The number of rotatable bonds is 7. The normalized spacial score (nSPS) is 17.5. The highest BCUT2D eigenvalue weighted by Gasteiger charge is 2.46. The minimum atomic E-state index is -0.694. The molecule has 0 amide bonds. The number of methoxy groups -OCH3 is 3. The number of hydrogen-bond acceptors (Lipinski definition) is 4. The monoisotopic (exact) mass is 465 g/mol. The summed E-state index contributed by atoms with van der Waals surface area (Å²) < 4.78 is 17.9. The van der Waals surface area contributed by atoms with E-state index in [1.165, 1.54) is 16.7 Å². The van der Waals surface area contributed by atoms with Gasteiger partial charge in [-0.15, -0.1) is 0 Å². The molecule has 0 bridgehead atoms. The third kappa shape index (κ3) is 4.09. The maximum absolute atomic E-state index is 6.53. The highest BCUT2D eigenvalue weighted by molar-refractivity contribution is 5.53. The molecule has 0 spiro atoms. The molecule has 0 radical (unpaired) electrons. The topological polar surface area (TPSA) is 39.7 Å². The van der Waals surface area contributed by atoms with E-state index >= 15 is 0 Å². The number of nitrogens with one attached hydrogen (secondary N) is 1. The van der Waals surface area contributed by atoms with E-state index in [1.54, 1.807) is 14.2 Å². The fourth-order valence-electron chi connectivity index (χ4n) is 5.45. The Kier molecular flexibility index (Phi) is 6.58. The first-order valence-electron chi connectivity index (χ1n) is 11.9. The Labute approximate surface area is 207 Å². The zero-order chi connectivity index (χ0) is 24.3. The van der Waals surface area contributed by atoms with Crippen LogP contribution in [-0.4, -0.2) is 27.4 Å². The summed E-state index contributed by atoms with van der Waals surface area (Å²) >= 11 is 0. The first-order chi connectivity index (χ1) is 17.2. The third-order valence-electron chi connectivity index (χ3n) is 7.10. The molecular weight excluding hydrogens is 434 g/mol. The second-order valence-corrected chi connectivity index (χ2v) is 8.84. The van der Waals surface area contributed by atoms with E-state index in [0.29, 0.717) is 0 Å². The van der Waals surface area contributed by atoms with Crippen LogP contribution in [0.5, 0.6) is 11.5 Å². The van der Waals surface area contributed by atoms with Gasteiger partial charge < -0.3 is 14.2 Å². The minimum Gasteiger partial charge on any atom is -0.493 e. The molecule has 0 saturated carbocycles. The van der Waals surface area contributed by atoms with Gasteiger partial charge in [-0.2, -0.15) is 0 Å². The first kappa shape index (κ1) is 23.2. The summed E-state index contributed by atoms with van der Waals surface area (Å²) in [7, 11) is 5.18. The van der Waals surface area contributed by atoms with Gasteiger partial charge in [-0.3, -0.25) is 5.32 Å². The van der Waals surface area contributed by atoms with E-state index in [9.17, 15) is 0 Å². The predicted octanol–water partition coefficient (Wildman–Crippen LogP) is 5.90. The zero-order valence-corrected chi connectivity index (χ0v) is 20.4. The summed E-state index contributed by atoms with van der Waals surface area (Å²) in [6, 6.07) is 35.7. The lowest BCUT2D eigenvalue weighted by Gasteiger charge is -2.46. The second kappa shape index (κ2) is 9.95. The molecule has 0 unspecified atom stereocenters. The zero-order valence-electron chi connectivity index (χ0n) is 20.4. The summed E-state index contributed by atoms with van der Waals surface area (Å²) in [4.78, 5) is 0. The first-order valence-corrected chi connectivity index (χ1v) is 11.9. The second-order valence-electron chi connectivity index (χ2n) is 8.84. The minimum absolute atomic E-state index is 0.0355. The van der Waals surface area contributed by atoms with Gasteiger partial charge in [0.1, 0.15) is 5.60 Å². The Morgan fingerprint density at radius 1 is 0.686 bits per heavy atom. The molecule has 35 heavy (non-hydrogen) atoms. The average molecular weight is 466 g/mol. The fraction of sp³-hybridized carbons (Fsp3) is 0.226. The molecule has 4 aromatic carbocycles. The van der Waals surface area contributed by atoms with Gasteiger partial charge in [0.15, 0.2) is 11.5 Å². The molecule has 1 N–H and O–H groups in total. The SMILES string of the molecule is COc1cc2c(cc1OC)[C@@H](c1ccccc1)N[C@H](C(OC)(c1ccccc1)c1ccccc1)C2. The van der Waals surface area contributed by atoms with Crippen LogP contribution < -0.4 is 14.8 Å². The maximum Gasteiger partial charge on any atom is 0.161 e. The highest BCUT2D eigenvalue weighted by Crippen LogP contribution is 2.45. The maximum atomic E-state index is 6.53. The van der Waals surface area contributed by atoms with Crippen LogP contribution in [0.3, 0.4) is 0 Å². The van der Waals surface area contributed by atoms with Crippen LogP contribution in [0.2, 0.25) is 0 Å². The molecule has 1 heterocycles. The van der Waals surface area contributed by atoms with Gasteiger partial charge in [0.05, 0.1) is 20.3 Å². The molecule has 1 aliphatic rings. The van der Waals surface area contributed by atoms with Crippen molar-refractivity contribution in [3.63, 3.8) is 0 Å². The average Bonchev–Trinajstić information content (AvgIpc) is 2.94. The summed E-state index contributed by atoms with van der Waals surface area (Å²) in [5.74, 6) is 1.47. The van der Waals surface area contributed by atoms with Crippen molar-refractivity contribution in [3.05, 3.63) is 131 Å². The lowest BCUT2D eigenvalue weighted by atomic mass is 9.73. The molecule has 4 aromatic rings. The van der Waals surface area contributed by atoms with Crippen LogP contribution in [0.1, 0.15) is 33.9 Å². The van der Waals surface area contributed by atoms with Crippen molar-refractivity contribution in [2.24, 2.45) is 0 Å². The van der Waals surface area contributed by atoms with Crippen LogP contribution in [0, 0.1) is 0 Å². The summed E-state index contributed by atoms with van der Waals surface area (Å²) in [5.41, 5.74) is 5.13. The Morgan fingerprint density at radius 3 is 1.71 bits per heavy atom. The largest absolute Gasteiger partial charge is 0.493 e. The van der Waals surface area contributed by atoms with E-state index in [1.807, 2.05) is 25.3 Å². The predicted molar refractivity (Wildman–Crippen MR) is 139 cm³/mol. The molecule has 2 atom stereocenters. The van der Waals surface area contributed by atoms with Gasteiger partial charge in [0.25, 0.3) is 0 Å². The van der Waals surface area contributed by atoms with Gasteiger partial charge in [0.2, 0.25) is 0 Å². The lowest BCUT2D eigenvalue weighted by Crippen LogP contribution is -2.55. The molecule has 0 saturated heterocycles. The van der Waals surface area contributed by atoms with Crippen molar-refractivity contribution in [2.45, 2.75) is 24.1 Å². The van der Waals surface area contributed by atoms with Gasteiger partial charge in [-0.05, 0) is 46.4 Å².